The van der Waals surface area contributed by atoms with Gasteiger partial charge in [0, 0.05) is 37.7 Å². The van der Waals surface area contributed by atoms with E-state index in [4.69, 9.17) is 14.6 Å². The highest BCUT2D eigenvalue weighted by Crippen LogP contribution is 2.26. The number of carboxylic acid groups (broad SMARTS) is 1. The predicted molar refractivity (Wildman–Crippen MR) is 87.5 cm³/mol. The molecule has 0 aromatic carbocycles. The number of carbonyl (C=O) groups is 2. The van der Waals surface area contributed by atoms with Crippen LogP contribution in [-0.2, 0) is 14.3 Å². The number of hydrogen-bond donors (Lipinski definition) is 1. The van der Waals surface area contributed by atoms with Crippen molar-refractivity contribution in [3.8, 4) is 0 Å². The van der Waals surface area contributed by atoms with E-state index in [1.54, 1.807) is 0 Å². The van der Waals surface area contributed by atoms with E-state index in [1.165, 1.54) is 6.42 Å². The fourth-order valence-electron chi connectivity index (χ4n) is 3.46. The van der Waals surface area contributed by atoms with Crippen molar-refractivity contribution < 1.29 is 32.6 Å². The second-order valence-electron chi connectivity index (χ2n) is 6.92. The first-order valence-corrected chi connectivity index (χ1v) is 8.77. The molecular formula is C17H25F3N2O4. The van der Waals surface area contributed by atoms with Gasteiger partial charge in [0.1, 0.15) is 0 Å². The number of likely N-dealkylation sites (tertiary alicyclic amines) is 1. The van der Waals surface area contributed by atoms with Gasteiger partial charge in [0.2, 0.25) is 5.91 Å². The summed E-state index contributed by atoms with van der Waals surface area (Å²) in [5.74, 6) is -2.01. The minimum atomic E-state index is -5.08. The molecule has 148 valence electrons. The highest BCUT2D eigenvalue weighted by molar-refractivity contribution is 5.93. The van der Waals surface area contributed by atoms with E-state index in [0.717, 1.165) is 57.6 Å². The summed E-state index contributed by atoms with van der Waals surface area (Å²) < 4.78 is 37.6. The van der Waals surface area contributed by atoms with Gasteiger partial charge in [-0.3, -0.25) is 4.79 Å². The Hall–Kier alpha value is -1.61. The van der Waals surface area contributed by atoms with Crippen molar-refractivity contribution in [2.24, 2.45) is 5.92 Å². The van der Waals surface area contributed by atoms with Crippen LogP contribution in [0.4, 0.5) is 13.2 Å². The Morgan fingerprint density at radius 2 is 1.92 bits per heavy atom. The fourth-order valence-corrected chi connectivity index (χ4v) is 3.46. The van der Waals surface area contributed by atoms with Crippen molar-refractivity contribution in [3.63, 3.8) is 0 Å². The Bertz CT molecular complexity index is 551. The molecule has 0 bridgehead atoms. The Morgan fingerprint density at radius 3 is 2.50 bits per heavy atom. The lowest BCUT2D eigenvalue weighted by Crippen LogP contribution is -2.33. The van der Waals surface area contributed by atoms with E-state index in [-0.39, 0.29) is 12.0 Å². The van der Waals surface area contributed by atoms with Crippen molar-refractivity contribution in [1.82, 2.24) is 9.80 Å². The lowest BCUT2D eigenvalue weighted by atomic mass is 9.99. The average molecular weight is 378 g/mol. The summed E-state index contributed by atoms with van der Waals surface area (Å²) in [7, 11) is 2.14. The third kappa shape index (κ3) is 5.70. The average Bonchev–Trinajstić information content (AvgIpc) is 2.89. The molecule has 1 aliphatic carbocycles. The van der Waals surface area contributed by atoms with E-state index >= 15 is 0 Å². The number of likely N-dealkylation sites (N-methyl/N-ethyl adjacent to an activating group) is 1. The molecule has 2 fully saturated rings. The first kappa shape index (κ1) is 20.7. The van der Waals surface area contributed by atoms with Gasteiger partial charge in [-0.1, -0.05) is 6.08 Å². The number of halogens is 3. The molecule has 0 saturated carbocycles. The molecule has 6 nitrogen and oxygen atoms in total. The number of allylic oxidation sites excluding steroid dienone is 1. The highest BCUT2D eigenvalue weighted by Gasteiger charge is 2.39. The number of hydrogen-bond acceptors (Lipinski definition) is 4. The lowest BCUT2D eigenvalue weighted by molar-refractivity contribution is -0.192. The van der Waals surface area contributed by atoms with Crippen molar-refractivity contribution >= 4 is 11.9 Å². The molecule has 2 aliphatic heterocycles. The largest absolute Gasteiger partial charge is 0.490 e. The molecule has 3 rings (SSSR count). The second kappa shape index (κ2) is 8.85. The van der Waals surface area contributed by atoms with Gasteiger partial charge in [-0.2, -0.15) is 13.2 Å². The molecule has 9 heteroatoms. The summed E-state index contributed by atoms with van der Waals surface area (Å²) in [6, 6.07) is 0. The zero-order chi connectivity index (χ0) is 19.3. The molecule has 2 heterocycles. The minimum absolute atomic E-state index is 0.248. The fraction of sp³-hybridized carbons (Fsp3) is 0.765. The van der Waals surface area contributed by atoms with Gasteiger partial charge in [-0.25, -0.2) is 4.79 Å². The summed E-state index contributed by atoms with van der Waals surface area (Å²) in [5, 5.41) is 7.12. The monoisotopic (exact) mass is 378 g/mol. The SMILES string of the molecule is CN1CCO[C@@H]2CN(C(=O)C3=CCCCC3)C[C@@H]2C1.O=C(O)C(F)(F)F. The third-order valence-electron chi connectivity index (χ3n) is 4.83. The van der Waals surface area contributed by atoms with E-state index in [2.05, 4.69) is 18.0 Å². The minimum Gasteiger partial charge on any atom is -0.475 e. The molecule has 1 N–H and O–H groups in total. The number of carbonyl (C=O) groups excluding carboxylic acids is 1. The van der Waals surface area contributed by atoms with Gasteiger partial charge in [0.05, 0.1) is 12.7 Å². The molecule has 0 aromatic rings. The van der Waals surface area contributed by atoms with Crippen LogP contribution < -0.4 is 0 Å². The summed E-state index contributed by atoms with van der Waals surface area (Å²) in [6.07, 6.45) is 1.74. The van der Waals surface area contributed by atoms with E-state index in [9.17, 15) is 18.0 Å². The summed E-state index contributed by atoms with van der Waals surface area (Å²) in [5.41, 5.74) is 1.04. The normalized spacial score (nSPS) is 26.9. The third-order valence-corrected chi connectivity index (χ3v) is 4.83. The molecule has 26 heavy (non-hydrogen) atoms. The maximum Gasteiger partial charge on any atom is 0.490 e. The van der Waals surface area contributed by atoms with Gasteiger partial charge in [0.15, 0.2) is 0 Å². The van der Waals surface area contributed by atoms with E-state index in [1.807, 2.05) is 4.90 Å². The zero-order valence-corrected chi connectivity index (χ0v) is 14.8. The van der Waals surface area contributed by atoms with Crippen molar-refractivity contribution in [2.75, 3.05) is 39.8 Å². The Kier molecular flexibility index (Phi) is 7.05. The van der Waals surface area contributed by atoms with Crippen molar-refractivity contribution in [1.29, 1.82) is 0 Å². The van der Waals surface area contributed by atoms with Crippen LogP contribution in [-0.4, -0.2) is 78.9 Å². The quantitative estimate of drug-likeness (QED) is 0.755. The van der Waals surface area contributed by atoms with Gasteiger partial charge in [-0.15, -0.1) is 0 Å². The second-order valence-corrected chi connectivity index (χ2v) is 6.92. The number of alkyl halides is 3. The van der Waals surface area contributed by atoms with Crippen LogP contribution in [0.5, 0.6) is 0 Å². The molecule has 0 aromatic heterocycles. The van der Waals surface area contributed by atoms with Crippen LogP contribution in [0.2, 0.25) is 0 Å². The highest BCUT2D eigenvalue weighted by atomic mass is 19.4. The standard InChI is InChI=1S/C15H24N2O2.C2HF3O2/c1-16-7-8-19-14-11-17(10-13(14)9-16)15(18)12-5-3-2-4-6-12;3-2(4,5)1(6)7/h5,13-14H,2-4,6-11H2,1H3;(H,6,7)/t13-,14+;/m0./s1. The number of rotatable bonds is 1. The van der Waals surface area contributed by atoms with Crippen LogP contribution >= 0.6 is 0 Å². The van der Waals surface area contributed by atoms with Crippen LogP contribution in [0.3, 0.4) is 0 Å². The Morgan fingerprint density at radius 1 is 1.23 bits per heavy atom. The van der Waals surface area contributed by atoms with Crippen LogP contribution in [0.25, 0.3) is 0 Å². The Balaban J connectivity index is 0.000000298. The topological polar surface area (TPSA) is 70.1 Å². The van der Waals surface area contributed by atoms with Gasteiger partial charge in [-0.05, 0) is 32.7 Å². The first-order chi connectivity index (χ1) is 12.2. The first-order valence-electron chi connectivity index (χ1n) is 8.77. The molecule has 0 unspecified atom stereocenters. The maximum atomic E-state index is 12.5. The summed E-state index contributed by atoms with van der Waals surface area (Å²) >= 11 is 0. The molecule has 2 atom stereocenters. The summed E-state index contributed by atoms with van der Waals surface area (Å²) in [6.45, 7) is 4.50. The molecular weight excluding hydrogens is 353 g/mol. The number of fused-ring (bicyclic) bond motifs is 1. The number of nitrogens with zero attached hydrogens (tertiary/aromatic N) is 2. The van der Waals surface area contributed by atoms with Crippen molar-refractivity contribution in [2.45, 2.75) is 38.0 Å². The van der Waals surface area contributed by atoms with Gasteiger partial charge in [0.25, 0.3) is 0 Å². The Labute approximate surface area is 150 Å². The van der Waals surface area contributed by atoms with Gasteiger partial charge < -0.3 is 19.6 Å². The number of carboxylic acids is 1. The lowest BCUT2D eigenvalue weighted by Gasteiger charge is -2.21. The molecule has 3 aliphatic rings. The molecule has 2 saturated heterocycles. The predicted octanol–water partition coefficient (Wildman–Crippen LogP) is 1.91. The smallest absolute Gasteiger partial charge is 0.475 e. The summed E-state index contributed by atoms with van der Waals surface area (Å²) in [4.78, 5) is 25.7. The molecule has 1 amide bonds. The van der Waals surface area contributed by atoms with Gasteiger partial charge >= 0.3 is 12.1 Å². The number of aliphatic carboxylic acids is 1. The number of ether oxygens (including phenoxy) is 1. The zero-order valence-electron chi connectivity index (χ0n) is 14.8. The van der Waals surface area contributed by atoms with Crippen molar-refractivity contribution in [3.05, 3.63) is 11.6 Å². The van der Waals surface area contributed by atoms with Crippen LogP contribution in [0.1, 0.15) is 25.7 Å². The molecule has 0 radical (unpaired) electrons. The number of amides is 1. The van der Waals surface area contributed by atoms with E-state index in [0.29, 0.717) is 5.92 Å². The van der Waals surface area contributed by atoms with Crippen LogP contribution in [0.15, 0.2) is 11.6 Å². The van der Waals surface area contributed by atoms with E-state index < -0.39 is 12.1 Å². The maximum absolute atomic E-state index is 12.5. The molecule has 0 spiro atoms. The van der Waals surface area contributed by atoms with Crippen LogP contribution in [0, 0.1) is 5.92 Å².